The first-order valence-electron chi connectivity index (χ1n) is 10.6. The highest BCUT2D eigenvalue weighted by atomic mass is 16.5. The minimum absolute atomic E-state index is 0.168. The van der Waals surface area contributed by atoms with Crippen molar-refractivity contribution < 1.29 is 14.3 Å². The molecule has 0 saturated carbocycles. The number of ether oxygens (including phenoxy) is 1. The number of unbranched alkanes of at least 4 members (excludes halogenated alkanes) is 3. The molecule has 2 rings (SSSR count). The van der Waals surface area contributed by atoms with Gasteiger partial charge in [-0.25, -0.2) is 4.98 Å². The Morgan fingerprint density at radius 3 is 2.79 bits per heavy atom. The van der Waals surface area contributed by atoms with E-state index in [4.69, 9.17) is 4.74 Å². The number of aromatic nitrogens is 2. The maximum absolute atomic E-state index is 12.5. The molecule has 1 aliphatic rings. The monoisotopic (exact) mass is 392 g/mol. The van der Waals surface area contributed by atoms with Crippen molar-refractivity contribution in [1.29, 1.82) is 0 Å². The lowest BCUT2D eigenvalue weighted by atomic mass is 10.2. The lowest BCUT2D eigenvalue weighted by molar-refractivity contribution is -0.144. The number of imidazole rings is 1. The van der Waals surface area contributed by atoms with E-state index in [2.05, 4.69) is 30.9 Å². The van der Waals surface area contributed by atoms with E-state index in [1.165, 1.54) is 12.8 Å². The van der Waals surface area contributed by atoms with Crippen molar-refractivity contribution >= 4 is 11.9 Å². The van der Waals surface area contributed by atoms with Crippen LogP contribution in [0.3, 0.4) is 0 Å². The summed E-state index contributed by atoms with van der Waals surface area (Å²) in [6, 6.07) is 0.457. The minimum Gasteiger partial charge on any atom is -0.466 e. The molecule has 1 amide bonds. The first kappa shape index (κ1) is 22.4. The highest BCUT2D eigenvalue weighted by molar-refractivity contribution is 5.76. The van der Waals surface area contributed by atoms with E-state index in [1.54, 1.807) is 6.20 Å². The molecule has 0 bridgehead atoms. The predicted octanol–water partition coefficient (Wildman–Crippen LogP) is 2.49. The average molecular weight is 393 g/mol. The largest absolute Gasteiger partial charge is 0.466 e. The van der Waals surface area contributed by atoms with Crippen LogP contribution in [0.1, 0.15) is 57.7 Å². The molecule has 1 saturated heterocycles. The number of amides is 1. The smallest absolute Gasteiger partial charge is 0.307 e. The Labute approximate surface area is 169 Å². The molecular formula is C21H36N4O3. The Kier molecular flexibility index (Phi) is 9.47. The van der Waals surface area contributed by atoms with Gasteiger partial charge in [0.1, 0.15) is 5.82 Å². The minimum atomic E-state index is -0.168. The van der Waals surface area contributed by atoms with Crippen LogP contribution >= 0.6 is 0 Å². The highest BCUT2D eigenvalue weighted by Crippen LogP contribution is 2.15. The molecule has 0 unspecified atom stereocenters. The number of rotatable bonds is 12. The quantitative estimate of drug-likeness (QED) is 0.404. The fourth-order valence-electron chi connectivity index (χ4n) is 3.54. The van der Waals surface area contributed by atoms with Gasteiger partial charge in [0.2, 0.25) is 5.91 Å². The Hall–Kier alpha value is -1.89. The molecule has 0 radical (unpaired) electrons. The lowest BCUT2D eigenvalue weighted by Crippen LogP contribution is -2.34. The van der Waals surface area contributed by atoms with Crippen LogP contribution in [-0.4, -0.2) is 71.1 Å². The van der Waals surface area contributed by atoms with Gasteiger partial charge >= 0.3 is 5.97 Å². The summed E-state index contributed by atoms with van der Waals surface area (Å²) in [6.45, 7) is 4.86. The van der Waals surface area contributed by atoms with Crippen LogP contribution in [-0.2, 0) is 27.3 Å². The van der Waals surface area contributed by atoms with Crippen molar-refractivity contribution in [3.8, 4) is 0 Å². The molecule has 1 aromatic heterocycles. The van der Waals surface area contributed by atoms with Crippen LogP contribution in [0.25, 0.3) is 0 Å². The van der Waals surface area contributed by atoms with E-state index in [1.807, 2.05) is 15.7 Å². The van der Waals surface area contributed by atoms with E-state index in [-0.39, 0.29) is 11.9 Å². The summed E-state index contributed by atoms with van der Waals surface area (Å²) in [5.74, 6) is 0.872. The van der Waals surface area contributed by atoms with Gasteiger partial charge in [0, 0.05) is 50.9 Å². The Balaban J connectivity index is 1.69. The zero-order valence-electron chi connectivity index (χ0n) is 17.7. The number of carbonyl (C=O) groups is 2. The van der Waals surface area contributed by atoms with Gasteiger partial charge in [0.05, 0.1) is 13.0 Å². The molecule has 1 aromatic rings. The Morgan fingerprint density at radius 2 is 2.07 bits per heavy atom. The number of aryl methyl sites for hydroxylation is 2. The van der Waals surface area contributed by atoms with Crippen molar-refractivity contribution in [1.82, 2.24) is 19.4 Å². The number of nitrogens with zero attached hydrogens (tertiary/aromatic N) is 4. The number of esters is 1. The summed E-state index contributed by atoms with van der Waals surface area (Å²) in [5, 5.41) is 0. The SMILES string of the molecule is CCCCCCOC(=O)CCn1ccnc1CCC(=O)N1CC[C@H](N(C)C)C1. The van der Waals surface area contributed by atoms with Crippen molar-refractivity contribution in [2.75, 3.05) is 33.8 Å². The summed E-state index contributed by atoms with van der Waals surface area (Å²) in [7, 11) is 4.12. The fraction of sp³-hybridized carbons (Fsp3) is 0.762. The molecule has 158 valence electrons. The van der Waals surface area contributed by atoms with E-state index >= 15 is 0 Å². The van der Waals surface area contributed by atoms with E-state index in [0.29, 0.717) is 38.5 Å². The van der Waals surface area contributed by atoms with Crippen LogP contribution in [0.2, 0.25) is 0 Å². The highest BCUT2D eigenvalue weighted by Gasteiger charge is 2.27. The summed E-state index contributed by atoms with van der Waals surface area (Å²) < 4.78 is 7.24. The van der Waals surface area contributed by atoms with Crippen LogP contribution in [0, 0.1) is 0 Å². The summed E-state index contributed by atoms with van der Waals surface area (Å²) >= 11 is 0. The number of likely N-dealkylation sites (N-methyl/N-ethyl adjacent to an activating group) is 1. The molecule has 0 aliphatic carbocycles. The van der Waals surface area contributed by atoms with Crippen LogP contribution in [0.15, 0.2) is 12.4 Å². The second-order valence-corrected chi connectivity index (χ2v) is 7.81. The van der Waals surface area contributed by atoms with Crippen molar-refractivity contribution in [2.24, 2.45) is 0 Å². The number of hydrogen-bond acceptors (Lipinski definition) is 5. The second-order valence-electron chi connectivity index (χ2n) is 7.81. The van der Waals surface area contributed by atoms with E-state index in [0.717, 1.165) is 38.2 Å². The topological polar surface area (TPSA) is 67.7 Å². The van der Waals surface area contributed by atoms with Gasteiger partial charge in [-0.3, -0.25) is 9.59 Å². The molecule has 0 N–H and O–H groups in total. The van der Waals surface area contributed by atoms with Crippen molar-refractivity contribution in [2.45, 2.75) is 70.9 Å². The van der Waals surface area contributed by atoms with Crippen LogP contribution in [0.4, 0.5) is 0 Å². The third-order valence-electron chi connectivity index (χ3n) is 5.43. The van der Waals surface area contributed by atoms with Gasteiger partial charge in [0.25, 0.3) is 0 Å². The average Bonchev–Trinajstić information content (AvgIpc) is 3.33. The van der Waals surface area contributed by atoms with E-state index < -0.39 is 0 Å². The predicted molar refractivity (Wildman–Crippen MR) is 109 cm³/mol. The van der Waals surface area contributed by atoms with Gasteiger partial charge in [-0.15, -0.1) is 0 Å². The van der Waals surface area contributed by atoms with E-state index in [9.17, 15) is 9.59 Å². The maximum atomic E-state index is 12.5. The van der Waals surface area contributed by atoms with Gasteiger partial charge in [-0.1, -0.05) is 26.2 Å². The maximum Gasteiger partial charge on any atom is 0.307 e. The van der Waals surface area contributed by atoms with Gasteiger partial charge < -0.3 is 19.1 Å². The third-order valence-corrected chi connectivity index (χ3v) is 5.43. The normalized spacial score (nSPS) is 16.7. The van der Waals surface area contributed by atoms with Crippen molar-refractivity contribution in [3.63, 3.8) is 0 Å². The molecule has 1 aliphatic heterocycles. The molecular weight excluding hydrogens is 356 g/mol. The first-order chi connectivity index (χ1) is 13.5. The first-order valence-corrected chi connectivity index (χ1v) is 10.6. The van der Waals surface area contributed by atoms with Gasteiger partial charge in [0.15, 0.2) is 0 Å². The Bertz CT molecular complexity index is 615. The number of carbonyl (C=O) groups excluding carboxylic acids is 2. The lowest BCUT2D eigenvalue weighted by Gasteiger charge is -2.20. The molecule has 1 atom stereocenters. The van der Waals surface area contributed by atoms with Crippen molar-refractivity contribution in [3.05, 3.63) is 18.2 Å². The standard InChI is InChI=1S/C21H36N4O3/c1-4-5-6-7-16-28-21(27)11-14-24-15-12-22-19(24)8-9-20(26)25-13-10-18(17-25)23(2)3/h12,15,18H,4-11,13-14,16-17H2,1-3H3/t18-/m0/s1. The molecule has 1 fully saturated rings. The molecule has 0 spiro atoms. The third kappa shape index (κ3) is 7.26. The molecule has 28 heavy (non-hydrogen) atoms. The summed E-state index contributed by atoms with van der Waals surface area (Å²) in [5.41, 5.74) is 0. The molecule has 2 heterocycles. The van der Waals surface area contributed by atoms with Crippen LogP contribution < -0.4 is 0 Å². The molecule has 7 nitrogen and oxygen atoms in total. The number of hydrogen-bond donors (Lipinski definition) is 0. The number of likely N-dealkylation sites (tertiary alicyclic amines) is 1. The second kappa shape index (κ2) is 11.8. The Morgan fingerprint density at radius 1 is 1.25 bits per heavy atom. The summed E-state index contributed by atoms with van der Waals surface area (Å²) in [6.07, 6.45) is 10.4. The van der Waals surface area contributed by atoms with Gasteiger partial charge in [-0.2, -0.15) is 0 Å². The van der Waals surface area contributed by atoms with Crippen LogP contribution in [0.5, 0.6) is 0 Å². The molecule has 0 aromatic carbocycles. The fourth-order valence-corrected chi connectivity index (χ4v) is 3.54. The zero-order valence-corrected chi connectivity index (χ0v) is 17.7. The summed E-state index contributed by atoms with van der Waals surface area (Å²) in [4.78, 5) is 32.9. The zero-order chi connectivity index (χ0) is 20.4. The van der Waals surface area contributed by atoms with Gasteiger partial charge in [-0.05, 0) is 26.9 Å². The molecule has 7 heteroatoms.